The molecule has 3 heteroatoms. The summed E-state index contributed by atoms with van der Waals surface area (Å²) < 4.78 is 4.70. The van der Waals surface area contributed by atoms with Crippen molar-refractivity contribution in [3.8, 4) is 0 Å². The quantitative estimate of drug-likeness (QED) is 0.481. The molecule has 2 aromatic rings. The molecule has 0 amide bonds. The smallest absolute Gasteiger partial charge is 0.337 e. The molecular weight excluding hydrogens is 288 g/mol. The molecule has 0 saturated heterocycles. The van der Waals surface area contributed by atoms with Crippen LogP contribution in [-0.4, -0.2) is 21.2 Å². The minimum absolute atomic E-state index is 0.307. The van der Waals surface area contributed by atoms with Crippen molar-refractivity contribution in [3.63, 3.8) is 0 Å². The fraction of sp³-hybridized carbons (Fsp3) is 0.211. The lowest BCUT2D eigenvalue weighted by atomic mass is 10.1. The summed E-state index contributed by atoms with van der Waals surface area (Å²) in [4.78, 5) is 11.4. The van der Waals surface area contributed by atoms with Crippen molar-refractivity contribution in [3.05, 3.63) is 65.2 Å². The van der Waals surface area contributed by atoms with Crippen molar-refractivity contribution in [1.29, 1.82) is 0 Å². The van der Waals surface area contributed by atoms with E-state index >= 15 is 0 Å². The number of carbonyl (C=O) groups excluding carboxylic acids is 1. The van der Waals surface area contributed by atoms with Crippen LogP contribution in [0.25, 0.3) is 12.2 Å². The van der Waals surface area contributed by atoms with Gasteiger partial charge in [-0.2, -0.15) is 0 Å². The number of ether oxygens (including phenoxy) is 1. The number of hydrogen-bond donors (Lipinski definition) is 0. The Morgan fingerprint density at radius 1 is 0.955 bits per heavy atom. The first-order valence-electron chi connectivity index (χ1n) is 7.37. The Balaban J connectivity index is 2.17. The van der Waals surface area contributed by atoms with Crippen molar-refractivity contribution in [2.24, 2.45) is 0 Å². The summed E-state index contributed by atoms with van der Waals surface area (Å²) >= 11 is 0. The predicted octanol–water partition coefficient (Wildman–Crippen LogP) is 4.19. The van der Waals surface area contributed by atoms with Gasteiger partial charge in [0.05, 0.1) is 20.7 Å². The van der Waals surface area contributed by atoms with Crippen LogP contribution in [0, 0.1) is 0 Å². The SMILES string of the molecule is COC(=O)c1ccc(/C=C\c2cccc([Si](C)(C)C)c2)cc1. The van der Waals surface area contributed by atoms with E-state index in [9.17, 15) is 4.79 Å². The first-order chi connectivity index (χ1) is 10.4. The second-order valence-electron chi connectivity index (χ2n) is 6.32. The molecule has 0 atom stereocenters. The van der Waals surface area contributed by atoms with E-state index < -0.39 is 8.07 Å². The Bertz CT molecular complexity index is 679. The van der Waals surface area contributed by atoms with Crippen LogP contribution >= 0.6 is 0 Å². The number of methoxy groups -OCH3 is 1. The van der Waals surface area contributed by atoms with E-state index in [4.69, 9.17) is 4.74 Å². The highest BCUT2D eigenvalue weighted by Gasteiger charge is 2.15. The molecule has 0 radical (unpaired) electrons. The van der Waals surface area contributed by atoms with E-state index in [1.54, 1.807) is 12.1 Å². The van der Waals surface area contributed by atoms with Gasteiger partial charge in [0, 0.05) is 0 Å². The standard InChI is InChI=1S/C19H22O2Si/c1-21-19(20)17-12-10-15(11-13-17)8-9-16-6-5-7-18(14-16)22(2,3)4/h5-14H,1-4H3/b9-8-. The third kappa shape index (κ3) is 4.18. The zero-order chi connectivity index (χ0) is 16.2. The molecule has 0 bridgehead atoms. The summed E-state index contributed by atoms with van der Waals surface area (Å²) in [5.41, 5.74) is 2.84. The molecule has 22 heavy (non-hydrogen) atoms. The van der Waals surface area contributed by atoms with Gasteiger partial charge in [-0.15, -0.1) is 0 Å². The van der Waals surface area contributed by atoms with Crippen molar-refractivity contribution in [2.45, 2.75) is 19.6 Å². The van der Waals surface area contributed by atoms with Gasteiger partial charge in [-0.1, -0.05) is 73.4 Å². The van der Waals surface area contributed by atoms with Crippen LogP contribution in [0.2, 0.25) is 19.6 Å². The first kappa shape index (κ1) is 16.2. The lowest BCUT2D eigenvalue weighted by Crippen LogP contribution is -2.37. The van der Waals surface area contributed by atoms with Crippen molar-refractivity contribution >= 4 is 31.4 Å². The molecule has 2 rings (SSSR count). The first-order valence-corrected chi connectivity index (χ1v) is 10.9. The zero-order valence-corrected chi connectivity index (χ0v) is 14.6. The highest BCUT2D eigenvalue weighted by Crippen LogP contribution is 2.11. The summed E-state index contributed by atoms with van der Waals surface area (Å²) in [5, 5.41) is 1.45. The minimum Gasteiger partial charge on any atom is -0.465 e. The molecule has 114 valence electrons. The Labute approximate surface area is 133 Å². The summed E-state index contributed by atoms with van der Waals surface area (Å²) in [6.07, 6.45) is 4.17. The normalized spacial score (nSPS) is 11.6. The van der Waals surface area contributed by atoms with Crippen LogP contribution < -0.4 is 5.19 Å². The fourth-order valence-electron chi connectivity index (χ4n) is 2.15. The molecular formula is C19H22O2Si. The third-order valence-corrected chi connectivity index (χ3v) is 5.60. The minimum atomic E-state index is -1.28. The largest absolute Gasteiger partial charge is 0.465 e. The van der Waals surface area contributed by atoms with Gasteiger partial charge in [0.2, 0.25) is 0 Å². The second kappa shape index (κ2) is 6.75. The maximum atomic E-state index is 11.4. The van der Waals surface area contributed by atoms with Crippen LogP contribution in [0.15, 0.2) is 48.5 Å². The maximum Gasteiger partial charge on any atom is 0.337 e. The molecule has 0 aliphatic heterocycles. The monoisotopic (exact) mass is 310 g/mol. The van der Waals surface area contributed by atoms with Gasteiger partial charge in [-0.3, -0.25) is 0 Å². The number of rotatable bonds is 4. The van der Waals surface area contributed by atoms with Crippen molar-refractivity contribution in [2.75, 3.05) is 7.11 Å². The molecule has 0 aliphatic carbocycles. The molecule has 0 aromatic heterocycles. The van der Waals surface area contributed by atoms with E-state index in [0.29, 0.717) is 5.56 Å². The average Bonchev–Trinajstić information content (AvgIpc) is 2.52. The van der Waals surface area contributed by atoms with E-state index in [1.807, 2.05) is 12.1 Å². The molecule has 0 fully saturated rings. The predicted molar refractivity (Wildman–Crippen MR) is 96.1 cm³/mol. The van der Waals surface area contributed by atoms with Crippen molar-refractivity contribution < 1.29 is 9.53 Å². The molecule has 2 aromatic carbocycles. The van der Waals surface area contributed by atoms with E-state index in [2.05, 4.69) is 56.1 Å². The Hall–Kier alpha value is -2.13. The second-order valence-corrected chi connectivity index (χ2v) is 11.4. The van der Waals surface area contributed by atoms with Crippen molar-refractivity contribution in [1.82, 2.24) is 0 Å². The number of esters is 1. The zero-order valence-electron chi connectivity index (χ0n) is 13.6. The van der Waals surface area contributed by atoms with E-state index in [0.717, 1.165) is 5.56 Å². The van der Waals surface area contributed by atoms with Gasteiger partial charge in [0.1, 0.15) is 0 Å². The Morgan fingerprint density at radius 2 is 1.59 bits per heavy atom. The van der Waals surface area contributed by atoms with Crippen LogP contribution in [0.1, 0.15) is 21.5 Å². The average molecular weight is 310 g/mol. The van der Waals surface area contributed by atoms with Gasteiger partial charge in [0.25, 0.3) is 0 Å². The molecule has 0 aliphatic rings. The van der Waals surface area contributed by atoms with E-state index in [1.165, 1.54) is 17.9 Å². The maximum absolute atomic E-state index is 11.4. The van der Waals surface area contributed by atoms with E-state index in [-0.39, 0.29) is 5.97 Å². The molecule has 0 heterocycles. The van der Waals surface area contributed by atoms with Gasteiger partial charge in [0.15, 0.2) is 0 Å². The third-order valence-electron chi connectivity index (χ3n) is 3.55. The summed E-state index contributed by atoms with van der Waals surface area (Å²) in [7, 11) is 0.108. The topological polar surface area (TPSA) is 26.3 Å². The number of hydrogen-bond acceptors (Lipinski definition) is 2. The lowest BCUT2D eigenvalue weighted by molar-refractivity contribution is 0.0600. The van der Waals surface area contributed by atoms with Crippen LogP contribution in [0.4, 0.5) is 0 Å². The highest BCUT2D eigenvalue weighted by atomic mass is 28.3. The lowest BCUT2D eigenvalue weighted by Gasteiger charge is -2.16. The van der Waals surface area contributed by atoms with Crippen LogP contribution in [0.5, 0.6) is 0 Å². The Kier molecular flexibility index (Phi) is 4.98. The van der Waals surface area contributed by atoms with Gasteiger partial charge < -0.3 is 4.74 Å². The van der Waals surface area contributed by atoms with Gasteiger partial charge >= 0.3 is 5.97 Å². The number of carbonyl (C=O) groups is 1. The summed E-state index contributed by atoms with van der Waals surface area (Å²) in [6.45, 7) is 7.05. The molecule has 0 spiro atoms. The van der Waals surface area contributed by atoms with Crippen LogP contribution in [-0.2, 0) is 4.74 Å². The molecule has 0 unspecified atom stereocenters. The highest BCUT2D eigenvalue weighted by molar-refractivity contribution is 6.88. The Morgan fingerprint density at radius 3 is 2.18 bits per heavy atom. The molecule has 2 nitrogen and oxygen atoms in total. The fourth-order valence-corrected chi connectivity index (χ4v) is 3.35. The molecule has 0 saturated carbocycles. The summed E-state index contributed by atoms with van der Waals surface area (Å²) in [5.74, 6) is -0.307. The summed E-state index contributed by atoms with van der Waals surface area (Å²) in [6, 6.07) is 16.1. The number of benzene rings is 2. The van der Waals surface area contributed by atoms with Crippen LogP contribution in [0.3, 0.4) is 0 Å². The van der Waals surface area contributed by atoms with Gasteiger partial charge in [-0.05, 0) is 23.3 Å². The van der Waals surface area contributed by atoms with Gasteiger partial charge in [-0.25, -0.2) is 4.79 Å². The molecule has 0 N–H and O–H groups in total.